The molecule has 0 aliphatic carbocycles. The Morgan fingerprint density at radius 1 is 1.22 bits per heavy atom. The largest absolute Gasteiger partial charge is 0.493 e. The van der Waals surface area contributed by atoms with Gasteiger partial charge in [-0.2, -0.15) is 0 Å². The fourth-order valence-corrected chi connectivity index (χ4v) is 2.18. The lowest BCUT2D eigenvalue weighted by molar-refractivity contribution is -0.117. The van der Waals surface area contributed by atoms with E-state index in [0.29, 0.717) is 17.9 Å². The lowest BCUT2D eigenvalue weighted by Crippen LogP contribution is -2.17. The van der Waals surface area contributed by atoms with Gasteiger partial charge in [-0.05, 0) is 24.1 Å². The van der Waals surface area contributed by atoms with E-state index in [2.05, 4.69) is 11.9 Å². The van der Waals surface area contributed by atoms with Gasteiger partial charge in [-0.3, -0.25) is 4.79 Å². The van der Waals surface area contributed by atoms with E-state index < -0.39 is 0 Å². The maximum absolute atomic E-state index is 11.6. The minimum atomic E-state index is -0.0850. The summed E-state index contributed by atoms with van der Waals surface area (Å²) in [5, 5.41) is 0. The molecule has 1 aliphatic heterocycles. The molecular formula is C14H17NO3. The lowest BCUT2D eigenvalue weighted by Gasteiger charge is -2.18. The molecule has 0 unspecified atom stereocenters. The molecule has 0 saturated heterocycles. The van der Waals surface area contributed by atoms with Gasteiger partial charge < -0.3 is 9.47 Å². The maximum atomic E-state index is 11.6. The van der Waals surface area contributed by atoms with Crippen molar-refractivity contribution in [1.29, 1.82) is 0 Å². The van der Waals surface area contributed by atoms with Crippen LogP contribution in [0.5, 0.6) is 11.5 Å². The fourth-order valence-electron chi connectivity index (χ4n) is 2.18. The lowest BCUT2D eigenvalue weighted by atomic mass is 9.94. The van der Waals surface area contributed by atoms with Gasteiger partial charge in [-0.1, -0.05) is 13.3 Å². The van der Waals surface area contributed by atoms with Crippen LogP contribution in [0.1, 0.15) is 30.9 Å². The van der Waals surface area contributed by atoms with Crippen LogP contribution in [0.3, 0.4) is 0 Å². The highest BCUT2D eigenvalue weighted by Gasteiger charge is 2.21. The number of carbonyl (C=O) groups is 1. The first-order valence-electron chi connectivity index (χ1n) is 6.05. The van der Waals surface area contributed by atoms with Gasteiger partial charge in [0.25, 0.3) is 0 Å². The van der Waals surface area contributed by atoms with E-state index in [1.807, 2.05) is 12.1 Å². The summed E-state index contributed by atoms with van der Waals surface area (Å²) in [6, 6.07) is 3.78. The predicted molar refractivity (Wildman–Crippen MR) is 69.7 cm³/mol. The van der Waals surface area contributed by atoms with E-state index in [1.54, 1.807) is 14.2 Å². The Morgan fingerprint density at radius 2 is 1.89 bits per heavy atom. The highest BCUT2D eigenvalue weighted by molar-refractivity contribution is 6.11. The van der Waals surface area contributed by atoms with Crippen molar-refractivity contribution in [1.82, 2.24) is 0 Å². The summed E-state index contributed by atoms with van der Waals surface area (Å²) in [4.78, 5) is 15.7. The third kappa shape index (κ3) is 2.23. The number of carbonyl (C=O) groups excluding carboxylic acids is 1. The quantitative estimate of drug-likeness (QED) is 0.820. The van der Waals surface area contributed by atoms with Crippen LogP contribution < -0.4 is 9.47 Å². The van der Waals surface area contributed by atoms with Crippen molar-refractivity contribution >= 4 is 11.6 Å². The molecule has 2 rings (SSSR count). The molecule has 0 atom stereocenters. The third-order valence-corrected chi connectivity index (χ3v) is 3.01. The maximum Gasteiger partial charge on any atom is 0.250 e. The summed E-state index contributed by atoms with van der Waals surface area (Å²) in [5.41, 5.74) is 2.83. The van der Waals surface area contributed by atoms with E-state index in [-0.39, 0.29) is 5.91 Å². The molecule has 0 aromatic heterocycles. The number of hydrogen-bond donors (Lipinski definition) is 0. The molecule has 1 amide bonds. The van der Waals surface area contributed by atoms with Gasteiger partial charge in [0.1, 0.15) is 0 Å². The normalized spacial score (nSPS) is 13.9. The van der Waals surface area contributed by atoms with Gasteiger partial charge in [0.2, 0.25) is 5.91 Å². The van der Waals surface area contributed by atoms with E-state index in [9.17, 15) is 4.79 Å². The van der Waals surface area contributed by atoms with Crippen molar-refractivity contribution in [3.8, 4) is 11.5 Å². The molecule has 18 heavy (non-hydrogen) atoms. The number of aliphatic imine (C=N–C) groups is 1. The van der Waals surface area contributed by atoms with Crippen molar-refractivity contribution in [2.75, 3.05) is 14.2 Å². The van der Waals surface area contributed by atoms with E-state index in [1.165, 1.54) is 0 Å². The topological polar surface area (TPSA) is 47.9 Å². The van der Waals surface area contributed by atoms with Crippen molar-refractivity contribution in [2.45, 2.75) is 26.2 Å². The number of nitrogens with zero attached hydrogens (tertiary/aromatic N) is 1. The first-order valence-corrected chi connectivity index (χ1v) is 6.05. The summed E-state index contributed by atoms with van der Waals surface area (Å²) >= 11 is 0. The Bertz CT molecular complexity index is 506. The standard InChI is InChI=1S/C14H17NO3/c1-4-5-11-10-8-13(18-3)12(17-2)6-9(10)7-14(16)15-11/h6,8H,4-5,7H2,1-3H3. The van der Waals surface area contributed by atoms with Crippen LogP contribution in [0.25, 0.3) is 0 Å². The molecule has 1 aromatic carbocycles. The minimum absolute atomic E-state index is 0.0850. The molecule has 0 saturated carbocycles. The van der Waals surface area contributed by atoms with Crippen LogP contribution >= 0.6 is 0 Å². The second-order valence-corrected chi connectivity index (χ2v) is 4.24. The Kier molecular flexibility index (Phi) is 3.65. The van der Waals surface area contributed by atoms with Crippen LogP contribution in [0.2, 0.25) is 0 Å². The molecule has 1 aliphatic rings. The SMILES string of the molecule is CCCC1=NC(=O)Cc2cc(OC)c(OC)cc21. The van der Waals surface area contributed by atoms with Crippen molar-refractivity contribution in [2.24, 2.45) is 4.99 Å². The van der Waals surface area contributed by atoms with Gasteiger partial charge in [0, 0.05) is 5.56 Å². The van der Waals surface area contributed by atoms with Gasteiger partial charge in [0.05, 0.1) is 26.4 Å². The molecule has 0 radical (unpaired) electrons. The van der Waals surface area contributed by atoms with Gasteiger partial charge in [-0.15, -0.1) is 0 Å². The average Bonchev–Trinajstić information content (AvgIpc) is 2.37. The van der Waals surface area contributed by atoms with Gasteiger partial charge in [0.15, 0.2) is 11.5 Å². The summed E-state index contributed by atoms with van der Waals surface area (Å²) in [5.74, 6) is 1.24. The minimum Gasteiger partial charge on any atom is -0.493 e. The number of rotatable bonds is 4. The molecule has 0 bridgehead atoms. The van der Waals surface area contributed by atoms with Crippen molar-refractivity contribution in [3.63, 3.8) is 0 Å². The molecule has 1 aromatic rings. The number of fused-ring (bicyclic) bond motifs is 1. The number of ether oxygens (including phenoxy) is 2. The Morgan fingerprint density at radius 3 is 2.50 bits per heavy atom. The number of benzene rings is 1. The zero-order chi connectivity index (χ0) is 13.1. The molecular weight excluding hydrogens is 230 g/mol. The number of methoxy groups -OCH3 is 2. The second-order valence-electron chi connectivity index (χ2n) is 4.24. The average molecular weight is 247 g/mol. The van der Waals surface area contributed by atoms with Gasteiger partial charge in [-0.25, -0.2) is 4.99 Å². The molecule has 4 heteroatoms. The highest BCUT2D eigenvalue weighted by atomic mass is 16.5. The zero-order valence-electron chi connectivity index (χ0n) is 10.9. The number of hydrogen-bond acceptors (Lipinski definition) is 3. The Hall–Kier alpha value is -1.84. The second kappa shape index (κ2) is 5.21. The number of amides is 1. The Balaban J connectivity index is 2.53. The molecule has 1 heterocycles. The molecule has 0 fully saturated rings. The predicted octanol–water partition coefficient (Wildman–Crippen LogP) is 2.38. The molecule has 96 valence electrons. The van der Waals surface area contributed by atoms with Crippen molar-refractivity contribution < 1.29 is 14.3 Å². The third-order valence-electron chi connectivity index (χ3n) is 3.01. The van der Waals surface area contributed by atoms with Gasteiger partial charge >= 0.3 is 0 Å². The van der Waals surface area contributed by atoms with E-state index >= 15 is 0 Å². The van der Waals surface area contributed by atoms with Crippen LogP contribution in [0.4, 0.5) is 0 Å². The summed E-state index contributed by atoms with van der Waals surface area (Å²) in [7, 11) is 3.20. The van der Waals surface area contributed by atoms with E-state index in [4.69, 9.17) is 9.47 Å². The van der Waals surface area contributed by atoms with Crippen LogP contribution in [-0.2, 0) is 11.2 Å². The van der Waals surface area contributed by atoms with Crippen LogP contribution in [-0.4, -0.2) is 25.8 Å². The van der Waals surface area contributed by atoms with Crippen LogP contribution in [0, 0.1) is 0 Å². The summed E-state index contributed by atoms with van der Waals surface area (Å²) in [6.07, 6.45) is 2.09. The van der Waals surface area contributed by atoms with E-state index in [0.717, 1.165) is 29.7 Å². The summed E-state index contributed by atoms with van der Waals surface area (Å²) < 4.78 is 10.5. The first kappa shape index (κ1) is 12.6. The monoisotopic (exact) mass is 247 g/mol. The fraction of sp³-hybridized carbons (Fsp3) is 0.429. The highest BCUT2D eigenvalue weighted by Crippen LogP contribution is 2.33. The molecule has 4 nitrogen and oxygen atoms in total. The van der Waals surface area contributed by atoms with Crippen molar-refractivity contribution in [3.05, 3.63) is 23.3 Å². The first-order chi connectivity index (χ1) is 8.69. The molecule has 0 spiro atoms. The smallest absolute Gasteiger partial charge is 0.250 e. The van der Waals surface area contributed by atoms with Crippen LogP contribution in [0.15, 0.2) is 17.1 Å². The molecule has 0 N–H and O–H groups in total. The summed E-state index contributed by atoms with van der Waals surface area (Å²) in [6.45, 7) is 2.07. The Labute approximate surface area is 107 Å². The zero-order valence-corrected chi connectivity index (χ0v) is 10.9.